The molecule has 0 aliphatic heterocycles. The molecule has 9 atom stereocenters. The van der Waals surface area contributed by atoms with Crippen molar-refractivity contribution in [3.63, 3.8) is 0 Å². The third-order valence-corrected chi connectivity index (χ3v) is 10.1. The lowest BCUT2D eigenvalue weighted by molar-refractivity contribution is -0.223. The van der Waals surface area contributed by atoms with Gasteiger partial charge in [-0.2, -0.15) is 0 Å². The maximum Gasteiger partial charge on any atom is 0.152 e. The molecule has 164 valence electrons. The number of aliphatic hydroxyl groups is 3. The van der Waals surface area contributed by atoms with Crippen molar-refractivity contribution in [2.24, 2.45) is 28.6 Å². The zero-order chi connectivity index (χ0) is 21.7. The highest BCUT2D eigenvalue weighted by molar-refractivity contribution is 7.09. The molecular weight excluding hydrogens is 401 g/mol. The third kappa shape index (κ3) is 2.24. The van der Waals surface area contributed by atoms with Crippen LogP contribution in [0.3, 0.4) is 0 Å². The Morgan fingerprint density at radius 3 is 2.63 bits per heavy atom. The number of alkyl halides is 1. The summed E-state index contributed by atoms with van der Waals surface area (Å²) in [6.07, 6.45) is 5.51. The van der Waals surface area contributed by atoms with Crippen LogP contribution >= 0.6 is 11.3 Å². The molecule has 1 aromatic rings. The van der Waals surface area contributed by atoms with Crippen LogP contribution in [0, 0.1) is 35.5 Å². The molecule has 0 spiro atoms. The Kier molecular flexibility index (Phi) is 4.33. The van der Waals surface area contributed by atoms with Gasteiger partial charge in [-0.3, -0.25) is 0 Å². The molecule has 4 aliphatic rings. The number of thiazole rings is 1. The molecule has 1 aromatic heterocycles. The van der Waals surface area contributed by atoms with Crippen molar-refractivity contribution in [1.82, 2.24) is 4.98 Å². The number of nitrogens with zero attached hydrogens (tertiary/aromatic N) is 1. The minimum Gasteiger partial charge on any atom is -0.390 e. The van der Waals surface area contributed by atoms with Crippen LogP contribution in [-0.4, -0.2) is 38.2 Å². The van der Waals surface area contributed by atoms with Gasteiger partial charge in [0.15, 0.2) is 5.67 Å². The Balaban J connectivity index is 1.63. The van der Waals surface area contributed by atoms with Crippen molar-refractivity contribution in [2.75, 3.05) is 0 Å². The molecule has 9 unspecified atom stereocenters. The SMILES string of the molecule is Cc1nc(C2(O)C(C)CC3C4CCC5=CC(O)C=CC5(C)C4(F)C(O)CC32C)cs1. The van der Waals surface area contributed by atoms with Crippen LogP contribution in [0.15, 0.2) is 29.2 Å². The first kappa shape index (κ1) is 20.8. The van der Waals surface area contributed by atoms with Crippen molar-refractivity contribution in [3.05, 3.63) is 39.9 Å². The zero-order valence-corrected chi connectivity index (χ0v) is 18.9. The smallest absolute Gasteiger partial charge is 0.152 e. The van der Waals surface area contributed by atoms with Gasteiger partial charge in [0.1, 0.15) is 5.60 Å². The highest BCUT2D eigenvalue weighted by Crippen LogP contribution is 2.72. The monoisotopic (exact) mass is 433 g/mol. The molecular formula is C24H32FNO3S. The summed E-state index contributed by atoms with van der Waals surface area (Å²) in [5.41, 5.74) is -3.03. The van der Waals surface area contributed by atoms with Crippen LogP contribution in [0.4, 0.5) is 4.39 Å². The third-order valence-electron chi connectivity index (χ3n) is 9.33. The van der Waals surface area contributed by atoms with Crippen molar-refractivity contribution in [1.29, 1.82) is 0 Å². The Morgan fingerprint density at radius 1 is 1.23 bits per heavy atom. The van der Waals surface area contributed by atoms with Gasteiger partial charge in [0, 0.05) is 22.1 Å². The Bertz CT molecular complexity index is 945. The molecule has 4 aliphatic carbocycles. The summed E-state index contributed by atoms with van der Waals surface area (Å²) >= 11 is 1.52. The lowest BCUT2D eigenvalue weighted by atomic mass is 9.44. The zero-order valence-electron chi connectivity index (χ0n) is 18.1. The van der Waals surface area contributed by atoms with E-state index in [0.29, 0.717) is 25.0 Å². The lowest BCUT2D eigenvalue weighted by Gasteiger charge is -2.63. The van der Waals surface area contributed by atoms with Crippen LogP contribution in [0.5, 0.6) is 0 Å². The number of aromatic nitrogens is 1. The fourth-order valence-electron chi connectivity index (χ4n) is 7.75. The summed E-state index contributed by atoms with van der Waals surface area (Å²) in [4.78, 5) is 4.63. The molecule has 0 amide bonds. The van der Waals surface area contributed by atoms with Crippen molar-refractivity contribution < 1.29 is 19.7 Å². The second-order valence-electron chi connectivity index (χ2n) is 10.6. The number of hydrogen-bond acceptors (Lipinski definition) is 5. The van der Waals surface area contributed by atoms with E-state index in [1.165, 1.54) is 11.3 Å². The van der Waals surface area contributed by atoms with E-state index in [0.717, 1.165) is 10.6 Å². The molecule has 3 N–H and O–H groups in total. The van der Waals surface area contributed by atoms with E-state index in [2.05, 4.69) is 4.98 Å². The predicted octanol–water partition coefficient (Wildman–Crippen LogP) is 4.05. The number of halogens is 1. The van der Waals surface area contributed by atoms with E-state index >= 15 is 4.39 Å². The Labute approximate surface area is 181 Å². The Morgan fingerprint density at radius 2 is 1.97 bits per heavy atom. The number of aliphatic hydroxyl groups excluding tert-OH is 2. The maximum atomic E-state index is 17.1. The summed E-state index contributed by atoms with van der Waals surface area (Å²) < 4.78 is 17.1. The van der Waals surface area contributed by atoms with Gasteiger partial charge in [-0.15, -0.1) is 11.3 Å². The number of rotatable bonds is 1. The van der Waals surface area contributed by atoms with E-state index in [1.807, 2.05) is 33.1 Å². The van der Waals surface area contributed by atoms with E-state index in [-0.39, 0.29) is 24.2 Å². The number of hydrogen-bond donors (Lipinski definition) is 3. The van der Waals surface area contributed by atoms with Gasteiger partial charge in [-0.05, 0) is 51.4 Å². The van der Waals surface area contributed by atoms with Gasteiger partial charge in [0.25, 0.3) is 0 Å². The average Bonchev–Trinajstić information content (AvgIpc) is 3.20. The van der Waals surface area contributed by atoms with Crippen LogP contribution in [0.1, 0.15) is 57.2 Å². The fourth-order valence-corrected chi connectivity index (χ4v) is 8.41. The standard InChI is InChI=1S/C24H32FNO3S/c1-13-9-18-17-6-5-15-10-16(27)7-8-21(15,3)23(17,25)20(28)11-22(18,4)24(13,29)19-12-30-14(2)26-19/h7-8,10,12-13,16-18,20,27-29H,5-6,9,11H2,1-4H3. The number of allylic oxidation sites excluding steroid dienone is 2. The summed E-state index contributed by atoms with van der Waals surface area (Å²) in [5, 5.41) is 36.3. The molecule has 6 heteroatoms. The van der Waals surface area contributed by atoms with Gasteiger partial charge in [0.2, 0.25) is 0 Å². The summed E-state index contributed by atoms with van der Waals surface area (Å²) in [7, 11) is 0. The topological polar surface area (TPSA) is 73.6 Å². The normalized spacial score (nSPS) is 52.4. The molecule has 5 rings (SSSR count). The molecule has 4 nitrogen and oxygen atoms in total. The molecule has 3 saturated carbocycles. The number of fused-ring (bicyclic) bond motifs is 5. The highest BCUT2D eigenvalue weighted by atomic mass is 32.1. The first-order chi connectivity index (χ1) is 14.0. The molecule has 0 radical (unpaired) electrons. The lowest BCUT2D eigenvalue weighted by Crippen LogP contribution is -2.68. The second kappa shape index (κ2) is 6.25. The summed E-state index contributed by atoms with van der Waals surface area (Å²) in [6.45, 7) is 7.87. The van der Waals surface area contributed by atoms with Gasteiger partial charge < -0.3 is 15.3 Å². The summed E-state index contributed by atoms with van der Waals surface area (Å²) in [6, 6.07) is 0. The molecule has 0 saturated heterocycles. The van der Waals surface area contributed by atoms with Gasteiger partial charge >= 0.3 is 0 Å². The van der Waals surface area contributed by atoms with Crippen LogP contribution in [0.25, 0.3) is 0 Å². The Hall–Kier alpha value is -1.08. The quantitative estimate of drug-likeness (QED) is 0.584. The van der Waals surface area contributed by atoms with E-state index in [4.69, 9.17) is 0 Å². The predicted molar refractivity (Wildman–Crippen MR) is 115 cm³/mol. The summed E-state index contributed by atoms with van der Waals surface area (Å²) in [5.74, 6) is -0.479. The minimum atomic E-state index is -1.82. The molecule has 0 aromatic carbocycles. The first-order valence-corrected chi connectivity index (χ1v) is 12.0. The molecule has 30 heavy (non-hydrogen) atoms. The van der Waals surface area contributed by atoms with Crippen LogP contribution in [-0.2, 0) is 5.60 Å². The first-order valence-electron chi connectivity index (χ1n) is 11.1. The highest BCUT2D eigenvalue weighted by Gasteiger charge is 2.74. The van der Waals surface area contributed by atoms with E-state index in [1.54, 1.807) is 18.2 Å². The second-order valence-corrected chi connectivity index (χ2v) is 11.6. The van der Waals surface area contributed by atoms with Gasteiger partial charge in [-0.1, -0.05) is 37.6 Å². The molecule has 3 fully saturated rings. The minimum absolute atomic E-state index is 0.0495. The van der Waals surface area contributed by atoms with Crippen LogP contribution in [0.2, 0.25) is 0 Å². The maximum absolute atomic E-state index is 17.1. The van der Waals surface area contributed by atoms with Crippen molar-refractivity contribution in [2.45, 2.75) is 76.9 Å². The molecule has 1 heterocycles. The fraction of sp³-hybridized carbons (Fsp3) is 0.708. The van der Waals surface area contributed by atoms with Gasteiger partial charge in [-0.25, -0.2) is 9.37 Å². The van der Waals surface area contributed by atoms with E-state index in [9.17, 15) is 15.3 Å². The van der Waals surface area contributed by atoms with E-state index < -0.39 is 34.3 Å². The van der Waals surface area contributed by atoms with Gasteiger partial charge in [0.05, 0.1) is 22.9 Å². The van der Waals surface area contributed by atoms with Crippen LogP contribution < -0.4 is 0 Å². The number of aryl methyl sites for hydroxylation is 1. The van der Waals surface area contributed by atoms with Crippen molar-refractivity contribution >= 4 is 11.3 Å². The largest absolute Gasteiger partial charge is 0.390 e. The average molecular weight is 434 g/mol. The van der Waals surface area contributed by atoms with Crippen molar-refractivity contribution in [3.8, 4) is 0 Å². The molecule has 0 bridgehead atoms.